The third-order valence-corrected chi connectivity index (χ3v) is 3.81. The molecule has 0 atom stereocenters. The molecule has 0 saturated heterocycles. The first-order valence-corrected chi connectivity index (χ1v) is 8.77. The van der Waals surface area contributed by atoms with E-state index in [1.54, 1.807) is 19.1 Å². The average Bonchev–Trinajstić information content (AvgIpc) is 2.62. The zero-order valence-corrected chi connectivity index (χ0v) is 15.6. The fourth-order valence-corrected chi connectivity index (χ4v) is 2.66. The van der Waals surface area contributed by atoms with Gasteiger partial charge in [0.2, 0.25) is 5.95 Å². The minimum Gasteiger partial charge on any atom is -0.462 e. The Morgan fingerprint density at radius 2 is 1.81 bits per heavy atom. The highest BCUT2D eigenvalue weighted by molar-refractivity contribution is 5.96. The molecule has 3 aromatic rings. The Kier molecular flexibility index (Phi) is 5.66. The fraction of sp³-hybridized carbons (Fsp3) is 0.190. The summed E-state index contributed by atoms with van der Waals surface area (Å²) in [5, 5.41) is 6.41. The number of aryl methyl sites for hydroxylation is 2. The Hall–Kier alpha value is -3.41. The quantitative estimate of drug-likeness (QED) is 0.616. The van der Waals surface area contributed by atoms with Crippen molar-refractivity contribution in [1.82, 2.24) is 9.97 Å². The summed E-state index contributed by atoms with van der Waals surface area (Å²) in [7, 11) is 0. The van der Waals surface area contributed by atoms with Crippen molar-refractivity contribution >= 4 is 29.1 Å². The van der Waals surface area contributed by atoms with Gasteiger partial charge in [-0.15, -0.1) is 0 Å². The summed E-state index contributed by atoms with van der Waals surface area (Å²) in [6.07, 6.45) is 0. The van der Waals surface area contributed by atoms with E-state index in [9.17, 15) is 4.79 Å². The van der Waals surface area contributed by atoms with E-state index in [2.05, 4.69) is 20.6 Å². The molecule has 138 valence electrons. The number of hydrogen-bond donors (Lipinski definition) is 2. The summed E-state index contributed by atoms with van der Waals surface area (Å²) in [6.45, 7) is 6.03. The lowest BCUT2D eigenvalue weighted by Crippen LogP contribution is -2.09. The maximum absolute atomic E-state index is 12.2. The second-order valence-electron chi connectivity index (χ2n) is 6.10. The molecule has 0 aliphatic carbocycles. The number of esters is 1. The zero-order chi connectivity index (χ0) is 19.2. The lowest BCUT2D eigenvalue weighted by atomic mass is 10.2. The number of hydrogen-bond acceptors (Lipinski definition) is 6. The van der Waals surface area contributed by atoms with E-state index < -0.39 is 0 Å². The van der Waals surface area contributed by atoms with Gasteiger partial charge in [-0.3, -0.25) is 0 Å². The molecule has 2 N–H and O–H groups in total. The van der Waals surface area contributed by atoms with Crippen molar-refractivity contribution in [1.29, 1.82) is 0 Å². The second kappa shape index (κ2) is 8.31. The molecule has 0 bridgehead atoms. The molecule has 0 amide bonds. The Morgan fingerprint density at radius 3 is 2.59 bits per heavy atom. The van der Waals surface area contributed by atoms with Gasteiger partial charge in [-0.05, 0) is 50.6 Å². The zero-order valence-electron chi connectivity index (χ0n) is 15.6. The predicted molar refractivity (Wildman–Crippen MR) is 107 cm³/mol. The molecule has 0 aliphatic rings. The second-order valence-corrected chi connectivity index (χ2v) is 6.10. The number of benzene rings is 2. The first-order valence-electron chi connectivity index (χ1n) is 8.77. The highest BCUT2D eigenvalue weighted by atomic mass is 16.5. The maximum atomic E-state index is 12.2. The van der Waals surface area contributed by atoms with Crippen LogP contribution in [0.15, 0.2) is 54.6 Å². The van der Waals surface area contributed by atoms with Crippen molar-refractivity contribution in [3.05, 3.63) is 71.4 Å². The lowest BCUT2D eigenvalue weighted by molar-refractivity contribution is 0.0527. The van der Waals surface area contributed by atoms with Crippen LogP contribution in [0.4, 0.5) is 23.1 Å². The minimum atomic E-state index is -0.371. The summed E-state index contributed by atoms with van der Waals surface area (Å²) in [4.78, 5) is 21.1. The predicted octanol–water partition coefficient (Wildman–Crippen LogP) is 4.76. The van der Waals surface area contributed by atoms with Crippen molar-refractivity contribution in [2.75, 3.05) is 17.2 Å². The van der Waals surface area contributed by atoms with Crippen molar-refractivity contribution in [2.24, 2.45) is 0 Å². The number of rotatable bonds is 6. The van der Waals surface area contributed by atoms with Gasteiger partial charge in [-0.1, -0.05) is 24.3 Å². The van der Waals surface area contributed by atoms with Crippen LogP contribution in [-0.4, -0.2) is 22.5 Å². The van der Waals surface area contributed by atoms with E-state index in [1.807, 2.05) is 56.3 Å². The van der Waals surface area contributed by atoms with Crippen LogP contribution in [-0.2, 0) is 4.74 Å². The Labute approximate surface area is 158 Å². The van der Waals surface area contributed by atoms with E-state index in [1.165, 1.54) is 0 Å². The molecule has 1 heterocycles. The van der Waals surface area contributed by atoms with Gasteiger partial charge < -0.3 is 15.4 Å². The van der Waals surface area contributed by atoms with Gasteiger partial charge in [0, 0.05) is 17.4 Å². The molecular weight excluding hydrogens is 340 g/mol. The number of nitrogens with zero attached hydrogens (tertiary/aromatic N) is 2. The highest BCUT2D eigenvalue weighted by Gasteiger charge is 2.13. The molecule has 27 heavy (non-hydrogen) atoms. The number of nitrogens with one attached hydrogen (secondary N) is 2. The van der Waals surface area contributed by atoms with Crippen molar-refractivity contribution in [3.63, 3.8) is 0 Å². The molecule has 2 aromatic carbocycles. The first-order chi connectivity index (χ1) is 13.0. The van der Waals surface area contributed by atoms with E-state index in [0.29, 0.717) is 29.6 Å². The summed E-state index contributed by atoms with van der Waals surface area (Å²) in [5.74, 6) is 0.704. The molecule has 6 heteroatoms. The molecule has 0 saturated carbocycles. The molecule has 1 aromatic heterocycles. The van der Waals surface area contributed by atoms with Gasteiger partial charge >= 0.3 is 5.97 Å². The van der Waals surface area contributed by atoms with Crippen molar-refractivity contribution in [3.8, 4) is 0 Å². The van der Waals surface area contributed by atoms with Crippen LogP contribution in [0, 0.1) is 13.8 Å². The number of carbonyl (C=O) groups is 1. The highest BCUT2D eigenvalue weighted by Crippen LogP contribution is 2.23. The van der Waals surface area contributed by atoms with Gasteiger partial charge in [0.1, 0.15) is 5.82 Å². The Balaban J connectivity index is 1.86. The largest absolute Gasteiger partial charge is 0.462 e. The van der Waals surface area contributed by atoms with E-state index in [0.717, 1.165) is 16.9 Å². The van der Waals surface area contributed by atoms with Gasteiger partial charge in [0.15, 0.2) is 0 Å². The minimum absolute atomic E-state index is 0.324. The van der Waals surface area contributed by atoms with Gasteiger partial charge in [-0.2, -0.15) is 4.98 Å². The fourth-order valence-electron chi connectivity index (χ4n) is 2.66. The Morgan fingerprint density at radius 1 is 1.00 bits per heavy atom. The Bertz CT molecular complexity index is 956. The number of ether oxygens (including phenoxy) is 1. The number of carbonyl (C=O) groups excluding carboxylic acids is 1. The maximum Gasteiger partial charge on any atom is 0.340 e. The standard InChI is InChI=1S/C21H22N4O2/c1-4-27-20(26)17-10-5-6-11-18(17)24-19-13-15(3)22-21(25-19)23-16-9-7-8-14(2)12-16/h5-13H,4H2,1-3H3,(H2,22,23,24,25). The number of anilines is 4. The van der Waals surface area contributed by atoms with Crippen LogP contribution in [0.2, 0.25) is 0 Å². The van der Waals surface area contributed by atoms with Gasteiger partial charge in [-0.25, -0.2) is 9.78 Å². The molecule has 0 spiro atoms. The summed E-state index contributed by atoms with van der Waals surface area (Å²) in [5.41, 5.74) is 3.96. The monoisotopic (exact) mass is 362 g/mol. The first kappa shape index (κ1) is 18.4. The molecule has 3 rings (SSSR count). The van der Waals surface area contributed by atoms with E-state index in [-0.39, 0.29) is 5.97 Å². The smallest absolute Gasteiger partial charge is 0.340 e. The molecule has 6 nitrogen and oxygen atoms in total. The molecule has 0 radical (unpaired) electrons. The van der Waals surface area contributed by atoms with Crippen LogP contribution in [0.3, 0.4) is 0 Å². The van der Waals surface area contributed by atoms with Crippen molar-refractivity contribution in [2.45, 2.75) is 20.8 Å². The molecular formula is C21H22N4O2. The summed E-state index contributed by atoms with van der Waals surface area (Å²) >= 11 is 0. The van der Waals surface area contributed by atoms with Crippen LogP contribution in [0.1, 0.15) is 28.5 Å². The van der Waals surface area contributed by atoms with Crippen LogP contribution < -0.4 is 10.6 Å². The summed E-state index contributed by atoms with van der Waals surface area (Å²) < 4.78 is 5.12. The topological polar surface area (TPSA) is 76.1 Å². The van der Waals surface area contributed by atoms with Gasteiger partial charge in [0.25, 0.3) is 0 Å². The summed E-state index contributed by atoms with van der Waals surface area (Å²) in [6, 6.07) is 17.0. The normalized spacial score (nSPS) is 10.3. The molecule has 0 unspecified atom stereocenters. The molecule has 0 fully saturated rings. The third-order valence-electron chi connectivity index (χ3n) is 3.81. The van der Waals surface area contributed by atoms with Gasteiger partial charge in [0.05, 0.1) is 17.9 Å². The van der Waals surface area contributed by atoms with Crippen LogP contribution >= 0.6 is 0 Å². The average molecular weight is 362 g/mol. The molecule has 0 aliphatic heterocycles. The number of para-hydroxylation sites is 1. The van der Waals surface area contributed by atoms with E-state index in [4.69, 9.17) is 4.74 Å². The lowest BCUT2D eigenvalue weighted by Gasteiger charge is -2.13. The van der Waals surface area contributed by atoms with Crippen LogP contribution in [0.5, 0.6) is 0 Å². The van der Waals surface area contributed by atoms with E-state index >= 15 is 0 Å². The third kappa shape index (κ3) is 4.82. The SMILES string of the molecule is CCOC(=O)c1ccccc1Nc1cc(C)nc(Nc2cccc(C)c2)n1. The van der Waals surface area contributed by atoms with Crippen molar-refractivity contribution < 1.29 is 9.53 Å². The number of aromatic nitrogens is 2. The van der Waals surface area contributed by atoms with Crippen LogP contribution in [0.25, 0.3) is 0 Å².